The Morgan fingerprint density at radius 2 is 1.61 bits per heavy atom. The van der Waals surface area contributed by atoms with Gasteiger partial charge in [0.05, 0.1) is 6.10 Å². The van der Waals surface area contributed by atoms with Gasteiger partial charge in [0.15, 0.2) is 0 Å². The first kappa shape index (κ1) is 14.8. The normalized spacial score (nSPS) is 14.0. The maximum Gasteiger partial charge on any atom is 0.310 e. The maximum atomic E-state index is 12.9. The second kappa shape index (κ2) is 5.60. The van der Waals surface area contributed by atoms with Crippen molar-refractivity contribution in [2.75, 3.05) is 7.11 Å². The smallest absolute Gasteiger partial charge is 0.310 e. The largest absolute Gasteiger partial charge is 0.377 e. The molecule has 1 unspecified atom stereocenters. The van der Waals surface area contributed by atoms with E-state index >= 15 is 0 Å². The molecule has 0 heterocycles. The number of methoxy groups -OCH3 is 1. The van der Waals surface area contributed by atoms with Crippen LogP contribution in [0.1, 0.15) is 18.1 Å². The molecule has 0 fully saturated rings. The fraction of sp³-hybridized carbons (Fsp3) is 0.455. The van der Waals surface area contributed by atoms with Gasteiger partial charge in [-0.3, -0.25) is 0 Å². The summed E-state index contributed by atoms with van der Waals surface area (Å²) in [6, 6.07) is 2.07. The van der Waals surface area contributed by atoms with Gasteiger partial charge in [-0.25, -0.2) is 26.3 Å². The summed E-state index contributed by atoms with van der Waals surface area (Å²) in [4.78, 5) is 0. The Morgan fingerprint density at radius 1 is 1.11 bits per heavy atom. The molecule has 0 amide bonds. The van der Waals surface area contributed by atoms with Crippen LogP contribution in [-0.2, 0) is 4.74 Å². The Balaban J connectivity index is 2.96. The van der Waals surface area contributed by atoms with Gasteiger partial charge in [-0.05, 0) is 17.7 Å². The summed E-state index contributed by atoms with van der Waals surface area (Å²) in [5.41, 5.74) is -0.254. The van der Waals surface area contributed by atoms with Crippen molar-refractivity contribution in [1.29, 1.82) is 0 Å². The van der Waals surface area contributed by atoms with E-state index in [9.17, 15) is 26.3 Å². The number of rotatable bonds is 5. The number of hydrogen-bond donors (Lipinski definition) is 0. The van der Waals surface area contributed by atoms with Crippen LogP contribution in [0, 0.1) is 11.6 Å². The van der Waals surface area contributed by atoms with Crippen LogP contribution in [0.4, 0.5) is 26.3 Å². The number of halogens is 6. The minimum absolute atomic E-state index is 0.254. The lowest BCUT2D eigenvalue weighted by Crippen LogP contribution is -2.29. The zero-order chi connectivity index (χ0) is 13.9. The molecule has 0 aliphatic rings. The Bertz CT molecular complexity index is 386. The molecule has 1 nitrogen and oxygen atoms in total. The fourth-order valence-electron chi connectivity index (χ4n) is 1.43. The quantitative estimate of drug-likeness (QED) is 0.738. The van der Waals surface area contributed by atoms with Crippen LogP contribution in [-0.4, -0.2) is 19.5 Å². The second-order valence-electron chi connectivity index (χ2n) is 3.69. The molecule has 0 aliphatic carbocycles. The Morgan fingerprint density at radius 3 is 2.00 bits per heavy atom. The van der Waals surface area contributed by atoms with E-state index in [-0.39, 0.29) is 5.56 Å². The number of alkyl halides is 4. The van der Waals surface area contributed by atoms with E-state index in [4.69, 9.17) is 0 Å². The van der Waals surface area contributed by atoms with Crippen LogP contribution < -0.4 is 0 Å². The van der Waals surface area contributed by atoms with Gasteiger partial charge < -0.3 is 4.74 Å². The standard InChI is InChI=1S/C11H10F6O/c1-18-9(5-11(16,17)10(14)15)6-2-7(12)4-8(13)3-6/h2-4,9-10H,5H2,1H3. The minimum atomic E-state index is -4.29. The monoisotopic (exact) mass is 272 g/mol. The first-order valence-corrected chi connectivity index (χ1v) is 4.91. The highest BCUT2D eigenvalue weighted by Gasteiger charge is 2.43. The fourth-order valence-corrected chi connectivity index (χ4v) is 1.43. The summed E-state index contributed by atoms with van der Waals surface area (Å²) >= 11 is 0. The molecule has 1 aromatic rings. The zero-order valence-electron chi connectivity index (χ0n) is 9.27. The summed E-state index contributed by atoms with van der Waals surface area (Å²) < 4.78 is 80.1. The molecule has 0 bridgehead atoms. The lowest BCUT2D eigenvalue weighted by molar-refractivity contribution is -0.152. The molecular formula is C11H10F6O. The molecule has 0 N–H and O–H groups in total. The van der Waals surface area contributed by atoms with Crippen LogP contribution in [0.5, 0.6) is 0 Å². The minimum Gasteiger partial charge on any atom is -0.377 e. The van der Waals surface area contributed by atoms with E-state index in [0.29, 0.717) is 6.07 Å². The van der Waals surface area contributed by atoms with Crippen molar-refractivity contribution in [2.24, 2.45) is 0 Å². The Labute approximate surface area is 99.4 Å². The predicted octanol–water partition coefficient (Wildman–Crippen LogP) is 3.94. The van der Waals surface area contributed by atoms with Crippen LogP contribution in [0.2, 0.25) is 0 Å². The third-order valence-corrected chi connectivity index (χ3v) is 2.32. The average Bonchev–Trinajstić information content (AvgIpc) is 2.24. The van der Waals surface area contributed by atoms with Crippen LogP contribution in [0.3, 0.4) is 0 Å². The van der Waals surface area contributed by atoms with Gasteiger partial charge in [0.2, 0.25) is 0 Å². The van der Waals surface area contributed by atoms with Gasteiger partial charge in [-0.2, -0.15) is 0 Å². The first-order chi connectivity index (χ1) is 8.26. The molecule has 1 atom stereocenters. The predicted molar refractivity (Wildman–Crippen MR) is 51.7 cm³/mol. The van der Waals surface area contributed by atoms with Crippen molar-refractivity contribution >= 4 is 0 Å². The number of ether oxygens (including phenoxy) is 1. The van der Waals surface area contributed by atoms with Gasteiger partial charge >= 0.3 is 12.3 Å². The van der Waals surface area contributed by atoms with Crippen molar-refractivity contribution in [1.82, 2.24) is 0 Å². The summed E-state index contributed by atoms with van der Waals surface area (Å²) in [6.45, 7) is 0. The van der Waals surface area contributed by atoms with Crippen molar-refractivity contribution in [3.63, 3.8) is 0 Å². The summed E-state index contributed by atoms with van der Waals surface area (Å²) in [5.74, 6) is -6.27. The molecule has 7 heteroatoms. The molecule has 0 saturated carbocycles. The zero-order valence-corrected chi connectivity index (χ0v) is 9.27. The van der Waals surface area contributed by atoms with E-state index in [1.54, 1.807) is 0 Å². The summed E-state index contributed by atoms with van der Waals surface area (Å²) in [6.07, 6.45) is -6.74. The van der Waals surface area contributed by atoms with Crippen LogP contribution >= 0.6 is 0 Å². The molecule has 0 aromatic heterocycles. The van der Waals surface area contributed by atoms with Gasteiger partial charge in [-0.1, -0.05) is 0 Å². The maximum absolute atomic E-state index is 12.9. The van der Waals surface area contributed by atoms with E-state index in [2.05, 4.69) is 4.74 Å². The van der Waals surface area contributed by atoms with Crippen molar-refractivity contribution in [2.45, 2.75) is 24.9 Å². The third kappa shape index (κ3) is 3.63. The lowest BCUT2D eigenvalue weighted by atomic mass is 10.0. The average molecular weight is 272 g/mol. The lowest BCUT2D eigenvalue weighted by Gasteiger charge is -2.22. The highest BCUT2D eigenvalue weighted by atomic mass is 19.3. The number of hydrogen-bond acceptors (Lipinski definition) is 1. The van der Waals surface area contributed by atoms with E-state index in [0.717, 1.165) is 19.2 Å². The Hall–Kier alpha value is -1.24. The van der Waals surface area contributed by atoms with Crippen molar-refractivity contribution < 1.29 is 31.1 Å². The van der Waals surface area contributed by atoms with Gasteiger partial charge in [0.25, 0.3) is 0 Å². The Kier molecular flexibility index (Phi) is 4.61. The SMILES string of the molecule is COC(CC(F)(F)C(F)F)c1cc(F)cc(F)c1. The van der Waals surface area contributed by atoms with Crippen molar-refractivity contribution in [3.05, 3.63) is 35.4 Å². The molecule has 0 saturated heterocycles. The molecule has 0 radical (unpaired) electrons. The topological polar surface area (TPSA) is 9.23 Å². The molecule has 0 spiro atoms. The second-order valence-corrected chi connectivity index (χ2v) is 3.69. The molecule has 1 aromatic carbocycles. The van der Waals surface area contributed by atoms with Gasteiger partial charge in [0, 0.05) is 19.6 Å². The van der Waals surface area contributed by atoms with E-state index in [1.165, 1.54) is 0 Å². The highest BCUT2D eigenvalue weighted by Crippen LogP contribution is 2.35. The molecule has 0 aliphatic heterocycles. The summed E-state index contributed by atoms with van der Waals surface area (Å²) in [7, 11) is 0.995. The first-order valence-electron chi connectivity index (χ1n) is 4.91. The summed E-state index contributed by atoms with van der Waals surface area (Å²) in [5, 5.41) is 0. The number of benzene rings is 1. The molecule has 102 valence electrons. The molecular weight excluding hydrogens is 262 g/mol. The third-order valence-electron chi connectivity index (χ3n) is 2.32. The molecule has 18 heavy (non-hydrogen) atoms. The van der Waals surface area contributed by atoms with Gasteiger partial charge in [-0.15, -0.1) is 0 Å². The van der Waals surface area contributed by atoms with E-state index < -0.39 is 36.5 Å². The van der Waals surface area contributed by atoms with E-state index in [1.807, 2.05) is 0 Å². The molecule has 1 rings (SSSR count). The highest BCUT2D eigenvalue weighted by molar-refractivity contribution is 5.20. The van der Waals surface area contributed by atoms with Crippen molar-refractivity contribution in [3.8, 4) is 0 Å². The van der Waals surface area contributed by atoms with Crippen LogP contribution in [0.25, 0.3) is 0 Å². The van der Waals surface area contributed by atoms with Crippen LogP contribution in [0.15, 0.2) is 18.2 Å². The van der Waals surface area contributed by atoms with Gasteiger partial charge in [0.1, 0.15) is 11.6 Å².